The number of benzene rings is 3. The number of hydrogen-bond acceptors (Lipinski definition) is 4. The van der Waals surface area contributed by atoms with Crippen LogP contribution < -0.4 is 9.62 Å². The largest absolute Gasteiger partial charge is 0.352 e. The third-order valence-electron chi connectivity index (χ3n) is 8.27. The lowest BCUT2D eigenvalue weighted by Crippen LogP contribution is -2.53. The normalized spacial score (nSPS) is 14.6. The summed E-state index contributed by atoms with van der Waals surface area (Å²) >= 11 is 0. The second kappa shape index (κ2) is 15.2. The van der Waals surface area contributed by atoms with Gasteiger partial charge in [-0.2, -0.15) is 0 Å². The van der Waals surface area contributed by atoms with Gasteiger partial charge in [0.05, 0.1) is 11.9 Å². The number of sulfonamides is 1. The van der Waals surface area contributed by atoms with Gasteiger partial charge < -0.3 is 10.2 Å². The summed E-state index contributed by atoms with van der Waals surface area (Å²) in [5.74, 6) is -0.295. The average Bonchev–Trinajstić information content (AvgIpc) is 2.98. The third kappa shape index (κ3) is 9.42. The molecule has 4 rings (SSSR count). The average molecular weight is 604 g/mol. The van der Waals surface area contributed by atoms with E-state index >= 15 is 0 Å². The monoisotopic (exact) mass is 603 g/mol. The van der Waals surface area contributed by atoms with E-state index in [0.717, 1.165) is 47.9 Å². The van der Waals surface area contributed by atoms with Crippen molar-refractivity contribution >= 4 is 27.5 Å². The van der Waals surface area contributed by atoms with Gasteiger partial charge in [-0.15, -0.1) is 0 Å². The first-order valence-electron chi connectivity index (χ1n) is 15.3. The van der Waals surface area contributed by atoms with Crippen LogP contribution in [0.15, 0.2) is 78.9 Å². The molecule has 0 heterocycles. The number of carbonyl (C=O) groups is 2. The van der Waals surface area contributed by atoms with E-state index in [9.17, 15) is 18.0 Å². The van der Waals surface area contributed by atoms with Crippen LogP contribution in [0, 0.1) is 13.8 Å². The summed E-state index contributed by atoms with van der Waals surface area (Å²) in [6, 6.07) is 24.5. The summed E-state index contributed by atoms with van der Waals surface area (Å²) in [4.78, 5) is 29.8. The van der Waals surface area contributed by atoms with E-state index in [2.05, 4.69) is 5.32 Å². The molecular formula is C35H45N3O4S. The molecule has 230 valence electrons. The molecule has 7 nitrogen and oxygen atoms in total. The smallest absolute Gasteiger partial charge is 0.243 e. The number of nitrogens with one attached hydrogen (secondary N) is 1. The number of hydrogen-bond donors (Lipinski definition) is 1. The molecule has 3 aromatic carbocycles. The molecule has 2 amide bonds. The van der Waals surface area contributed by atoms with Crippen LogP contribution in [0.1, 0.15) is 67.2 Å². The van der Waals surface area contributed by atoms with Crippen molar-refractivity contribution in [3.63, 3.8) is 0 Å². The Balaban J connectivity index is 1.60. The van der Waals surface area contributed by atoms with Gasteiger partial charge in [-0.25, -0.2) is 8.42 Å². The summed E-state index contributed by atoms with van der Waals surface area (Å²) in [6.45, 7) is 4.40. The van der Waals surface area contributed by atoms with Crippen molar-refractivity contribution < 1.29 is 18.0 Å². The highest BCUT2D eigenvalue weighted by molar-refractivity contribution is 7.92. The molecule has 1 fully saturated rings. The van der Waals surface area contributed by atoms with Gasteiger partial charge in [0.1, 0.15) is 6.04 Å². The van der Waals surface area contributed by atoms with Crippen molar-refractivity contribution in [2.75, 3.05) is 17.1 Å². The molecule has 1 aliphatic carbocycles. The summed E-state index contributed by atoms with van der Waals surface area (Å²) in [5, 5.41) is 3.28. The van der Waals surface area contributed by atoms with Crippen LogP contribution in [-0.2, 0) is 32.6 Å². The fraction of sp³-hybridized carbons (Fsp3) is 0.429. The Morgan fingerprint density at radius 2 is 1.60 bits per heavy atom. The van der Waals surface area contributed by atoms with E-state index in [0.29, 0.717) is 25.1 Å². The van der Waals surface area contributed by atoms with E-state index in [4.69, 9.17) is 0 Å². The Hall–Kier alpha value is -3.65. The highest BCUT2D eigenvalue weighted by atomic mass is 32.2. The molecule has 0 aromatic heterocycles. The molecule has 1 aliphatic rings. The first-order chi connectivity index (χ1) is 20.6. The third-order valence-corrected chi connectivity index (χ3v) is 9.46. The summed E-state index contributed by atoms with van der Waals surface area (Å²) < 4.78 is 26.8. The van der Waals surface area contributed by atoms with Crippen molar-refractivity contribution in [3.8, 4) is 0 Å². The van der Waals surface area contributed by atoms with Crippen LogP contribution in [0.2, 0.25) is 0 Å². The van der Waals surface area contributed by atoms with Gasteiger partial charge in [0.25, 0.3) is 0 Å². The lowest BCUT2D eigenvalue weighted by Gasteiger charge is -2.34. The van der Waals surface area contributed by atoms with Gasteiger partial charge in [0.2, 0.25) is 21.8 Å². The van der Waals surface area contributed by atoms with Crippen LogP contribution in [-0.4, -0.2) is 50.0 Å². The molecule has 1 saturated carbocycles. The molecule has 0 aliphatic heterocycles. The predicted octanol–water partition coefficient (Wildman–Crippen LogP) is 5.94. The number of aryl methyl sites for hydroxylation is 2. The Kier molecular flexibility index (Phi) is 11.4. The molecule has 0 saturated heterocycles. The second-order valence-corrected chi connectivity index (χ2v) is 13.7. The summed E-state index contributed by atoms with van der Waals surface area (Å²) in [5.41, 5.74) is 4.56. The lowest BCUT2D eigenvalue weighted by molar-refractivity contribution is -0.141. The highest BCUT2D eigenvalue weighted by Gasteiger charge is 2.32. The quantitative estimate of drug-likeness (QED) is 0.262. The van der Waals surface area contributed by atoms with Crippen LogP contribution in [0.4, 0.5) is 5.69 Å². The zero-order valence-corrected chi connectivity index (χ0v) is 26.5. The Morgan fingerprint density at radius 1 is 0.907 bits per heavy atom. The maximum absolute atomic E-state index is 14.1. The van der Waals surface area contributed by atoms with Crippen molar-refractivity contribution in [2.45, 2.75) is 83.8 Å². The standard InChI is InChI=1S/C35H45N3O4S/c1-27-14-12-21-32(24-27)38(43(3,41)42)23-13-22-34(39)37(26-30-18-11-10-15-28(30)2)33(25-29-16-6-4-7-17-29)35(40)36-31-19-8-5-9-20-31/h4,6-7,10-12,14-18,21,24,31,33H,5,8-9,13,19-20,22-23,25-26H2,1-3H3,(H,36,40)/t33-/m0/s1. The number of rotatable bonds is 13. The molecular weight excluding hydrogens is 558 g/mol. The van der Waals surface area contributed by atoms with E-state index in [-0.39, 0.29) is 30.8 Å². The fourth-order valence-corrected chi connectivity index (χ4v) is 6.81. The summed E-state index contributed by atoms with van der Waals surface area (Å²) in [7, 11) is -3.55. The van der Waals surface area contributed by atoms with E-state index in [1.165, 1.54) is 17.0 Å². The van der Waals surface area contributed by atoms with Crippen LogP contribution in [0.25, 0.3) is 0 Å². The molecule has 0 unspecified atom stereocenters. The zero-order chi connectivity index (χ0) is 30.8. The van der Waals surface area contributed by atoms with Crippen molar-refractivity contribution in [1.82, 2.24) is 10.2 Å². The van der Waals surface area contributed by atoms with Gasteiger partial charge in [-0.3, -0.25) is 13.9 Å². The maximum Gasteiger partial charge on any atom is 0.243 e. The molecule has 43 heavy (non-hydrogen) atoms. The molecule has 0 bridgehead atoms. The van der Waals surface area contributed by atoms with Gasteiger partial charge in [-0.05, 0) is 67.5 Å². The minimum Gasteiger partial charge on any atom is -0.352 e. The van der Waals surface area contributed by atoms with E-state index in [1.807, 2.05) is 86.6 Å². The number of anilines is 1. The van der Waals surface area contributed by atoms with Gasteiger partial charge in [0.15, 0.2) is 0 Å². The van der Waals surface area contributed by atoms with Gasteiger partial charge in [-0.1, -0.05) is 86.0 Å². The highest BCUT2D eigenvalue weighted by Crippen LogP contribution is 2.23. The molecule has 0 spiro atoms. The van der Waals surface area contributed by atoms with Gasteiger partial charge in [0, 0.05) is 32.0 Å². The van der Waals surface area contributed by atoms with Crippen LogP contribution >= 0.6 is 0 Å². The van der Waals surface area contributed by atoms with E-state index < -0.39 is 16.1 Å². The number of nitrogens with zero attached hydrogens (tertiary/aromatic N) is 2. The molecule has 0 radical (unpaired) electrons. The first kappa shape index (κ1) is 32.3. The van der Waals surface area contributed by atoms with Crippen molar-refractivity contribution in [2.24, 2.45) is 0 Å². The maximum atomic E-state index is 14.1. The Labute approximate surface area is 257 Å². The minimum atomic E-state index is -3.55. The Morgan fingerprint density at radius 3 is 2.28 bits per heavy atom. The van der Waals surface area contributed by atoms with Gasteiger partial charge >= 0.3 is 0 Å². The van der Waals surface area contributed by atoms with Crippen molar-refractivity contribution in [3.05, 3.63) is 101 Å². The molecule has 8 heteroatoms. The fourth-order valence-electron chi connectivity index (χ4n) is 5.86. The topological polar surface area (TPSA) is 86.8 Å². The number of carbonyl (C=O) groups excluding carboxylic acids is 2. The Bertz CT molecular complexity index is 1470. The molecule has 1 N–H and O–H groups in total. The van der Waals surface area contributed by atoms with Crippen LogP contribution in [0.5, 0.6) is 0 Å². The first-order valence-corrected chi connectivity index (χ1v) is 17.2. The minimum absolute atomic E-state index is 0.117. The summed E-state index contributed by atoms with van der Waals surface area (Å²) in [6.07, 6.45) is 7.31. The molecule has 1 atom stereocenters. The second-order valence-electron chi connectivity index (χ2n) is 11.8. The van der Waals surface area contributed by atoms with E-state index in [1.54, 1.807) is 11.0 Å². The van der Waals surface area contributed by atoms with Crippen LogP contribution in [0.3, 0.4) is 0 Å². The zero-order valence-electron chi connectivity index (χ0n) is 25.7. The predicted molar refractivity (Wildman–Crippen MR) is 173 cm³/mol. The SMILES string of the molecule is Cc1cccc(N(CCCC(=O)N(Cc2ccccc2C)[C@@H](Cc2ccccc2)C(=O)NC2CCCCC2)S(C)(=O)=O)c1. The number of amides is 2. The van der Waals surface area contributed by atoms with Crippen molar-refractivity contribution in [1.29, 1.82) is 0 Å². The molecule has 3 aromatic rings. The lowest BCUT2D eigenvalue weighted by atomic mass is 9.94.